The molecule has 2 saturated carbocycles. The molecule has 2 heterocycles. The van der Waals surface area contributed by atoms with E-state index in [9.17, 15) is 9.59 Å². The van der Waals surface area contributed by atoms with Gasteiger partial charge in [0.15, 0.2) is 0 Å². The predicted octanol–water partition coefficient (Wildman–Crippen LogP) is 2.71. The second-order valence-corrected chi connectivity index (χ2v) is 7.70. The van der Waals surface area contributed by atoms with E-state index in [0.717, 1.165) is 30.9 Å². The minimum atomic E-state index is -0.0308. The molecule has 2 N–H and O–H groups in total. The molecule has 26 heavy (non-hydrogen) atoms. The van der Waals surface area contributed by atoms with Gasteiger partial charge in [-0.05, 0) is 70.6 Å². The normalized spacial score (nSPS) is 30.0. The molecular formula is C20H24N2O2RuS+2. The maximum atomic E-state index is 11.9. The van der Waals surface area contributed by atoms with Crippen molar-refractivity contribution in [3.05, 3.63) is 63.7 Å². The van der Waals surface area contributed by atoms with Crippen LogP contribution in [0, 0.1) is 63.7 Å². The van der Waals surface area contributed by atoms with Gasteiger partial charge in [0.1, 0.15) is 5.78 Å². The first kappa shape index (κ1) is 22.2. The maximum absolute atomic E-state index is 11.9. The van der Waals surface area contributed by atoms with Crippen molar-refractivity contribution in [3.63, 3.8) is 0 Å². The quantitative estimate of drug-likeness (QED) is 0.366. The van der Waals surface area contributed by atoms with Crippen molar-refractivity contribution >= 4 is 23.6 Å². The number of unbranched alkanes of at least 4 members (excludes halogenated alkanes) is 1. The minimum Gasteiger partial charge on any atom is -0.332 e. The van der Waals surface area contributed by atoms with Crippen molar-refractivity contribution in [3.8, 4) is 0 Å². The van der Waals surface area contributed by atoms with Crippen LogP contribution < -0.4 is 10.6 Å². The summed E-state index contributed by atoms with van der Waals surface area (Å²) in [7, 11) is 0. The Balaban J connectivity index is 0.000000351. The molecule has 2 saturated heterocycles. The van der Waals surface area contributed by atoms with Gasteiger partial charge in [0, 0.05) is 23.3 Å². The fourth-order valence-corrected chi connectivity index (χ4v) is 4.84. The van der Waals surface area contributed by atoms with E-state index in [-0.39, 0.29) is 37.3 Å². The van der Waals surface area contributed by atoms with Crippen molar-refractivity contribution in [2.24, 2.45) is 0 Å². The second-order valence-electron chi connectivity index (χ2n) is 6.43. The molecule has 0 unspecified atom stereocenters. The number of urea groups is 1. The summed E-state index contributed by atoms with van der Waals surface area (Å²) in [4.78, 5) is 23.1. The average Bonchev–Trinajstić information content (AvgIpc) is 3.37. The molecule has 6 heteroatoms. The van der Waals surface area contributed by atoms with Gasteiger partial charge in [-0.1, -0.05) is 6.42 Å². The zero-order valence-corrected chi connectivity index (χ0v) is 17.1. The number of rotatable bonds is 6. The summed E-state index contributed by atoms with van der Waals surface area (Å²) in [5.74, 6) is 2.07. The van der Waals surface area contributed by atoms with Gasteiger partial charge < -0.3 is 10.6 Å². The molecule has 138 valence electrons. The van der Waals surface area contributed by atoms with Gasteiger partial charge >= 0.3 is 25.5 Å². The summed E-state index contributed by atoms with van der Waals surface area (Å²) < 4.78 is 0. The smallest absolute Gasteiger partial charge is 0.332 e. The van der Waals surface area contributed by atoms with E-state index >= 15 is 0 Å². The first-order valence-electron chi connectivity index (χ1n) is 8.84. The Morgan fingerprint density at radius 1 is 1.00 bits per heavy atom. The number of nitrogens with one attached hydrogen (secondary N) is 2. The molecule has 4 fully saturated rings. The summed E-state index contributed by atoms with van der Waals surface area (Å²) in [5, 5.41) is 6.44. The van der Waals surface area contributed by atoms with Crippen LogP contribution in [0.5, 0.6) is 0 Å². The van der Waals surface area contributed by atoms with Gasteiger partial charge in [-0.25, -0.2) is 4.79 Å². The first-order chi connectivity index (χ1) is 12.2. The van der Waals surface area contributed by atoms with E-state index in [1.54, 1.807) is 0 Å². The summed E-state index contributed by atoms with van der Waals surface area (Å²) >= 11 is 1.93. The van der Waals surface area contributed by atoms with Crippen molar-refractivity contribution < 1.29 is 29.1 Å². The molecule has 2 aliphatic heterocycles. The molecule has 2 amide bonds. The minimum absolute atomic E-state index is 0. The second kappa shape index (κ2) is 11.7. The fourth-order valence-electron chi connectivity index (χ4n) is 3.30. The van der Waals surface area contributed by atoms with Gasteiger partial charge in [-0.3, -0.25) is 4.79 Å². The Hall–Kier alpha value is -0.0866. The Bertz CT molecular complexity index is 445. The number of carbonyl (C=O) groups is 2. The Morgan fingerprint density at radius 2 is 1.65 bits per heavy atom. The van der Waals surface area contributed by atoms with E-state index in [1.807, 2.05) is 69.5 Å². The molecule has 0 aromatic carbocycles. The third kappa shape index (κ3) is 6.51. The van der Waals surface area contributed by atoms with Crippen molar-refractivity contribution in [1.82, 2.24) is 10.6 Å². The zero-order chi connectivity index (χ0) is 17.5. The van der Waals surface area contributed by atoms with E-state index in [0.29, 0.717) is 17.7 Å². The molecule has 4 rings (SSSR count). The van der Waals surface area contributed by atoms with E-state index in [2.05, 4.69) is 10.6 Å². The van der Waals surface area contributed by atoms with Gasteiger partial charge in [-0.2, -0.15) is 11.8 Å². The van der Waals surface area contributed by atoms with E-state index < -0.39 is 0 Å². The monoisotopic (exact) mass is 458 g/mol. The van der Waals surface area contributed by atoms with Crippen LogP contribution in [0.15, 0.2) is 0 Å². The maximum Gasteiger partial charge on any atom is 2.00 e. The number of carbonyl (C=O) groups excluding carboxylic acids is 2. The van der Waals surface area contributed by atoms with Gasteiger partial charge in [0.25, 0.3) is 0 Å². The van der Waals surface area contributed by atoms with Crippen LogP contribution >= 0.6 is 11.8 Å². The molecule has 0 aromatic rings. The zero-order valence-electron chi connectivity index (χ0n) is 14.5. The number of thioether (sulfide) groups is 1. The van der Waals surface area contributed by atoms with E-state index in [4.69, 9.17) is 0 Å². The number of ketones is 1. The number of fused-ring (bicyclic) bond motifs is 1. The van der Waals surface area contributed by atoms with Gasteiger partial charge in [-0.15, -0.1) is 0 Å². The summed E-state index contributed by atoms with van der Waals surface area (Å²) in [6.45, 7) is 0. The van der Waals surface area contributed by atoms with Crippen LogP contribution in [0.2, 0.25) is 0 Å². The molecule has 10 radical (unpaired) electrons. The first-order valence-corrected chi connectivity index (χ1v) is 9.89. The predicted molar refractivity (Wildman–Crippen MR) is 101 cm³/mol. The Kier molecular flexibility index (Phi) is 9.98. The largest absolute Gasteiger partial charge is 2.00 e. The van der Waals surface area contributed by atoms with Crippen LogP contribution in [0.4, 0.5) is 4.79 Å². The number of Topliss-reactive ketones (excluding diaryl/α,β-unsaturated/α-hetero) is 1. The third-order valence-corrected chi connectivity index (χ3v) is 6.13. The standard InChI is InChI=1S/C15H19N2O2S.C5H5.Ru/c18-12(10-5-1-2-6-10)7-3-4-8-13-14-11(9-20-13)16-15(19)17-14;1-2-4-5-3-1;/h1-2,5-6,11,13-14H,3-4,7-9H2,(H2,16,17,19);1-5H;/q;;+2/t11-,13-,14-;;/m0../s1. The van der Waals surface area contributed by atoms with E-state index in [1.165, 1.54) is 0 Å². The van der Waals surface area contributed by atoms with Crippen LogP contribution in [0.3, 0.4) is 0 Å². The van der Waals surface area contributed by atoms with Crippen LogP contribution in [0.25, 0.3) is 0 Å². The molecular weight excluding hydrogens is 433 g/mol. The Labute approximate surface area is 175 Å². The van der Waals surface area contributed by atoms with Crippen molar-refractivity contribution in [2.45, 2.75) is 43.0 Å². The number of amides is 2. The van der Waals surface area contributed by atoms with Gasteiger partial charge in [0.05, 0.1) is 12.1 Å². The molecule has 0 spiro atoms. The molecule has 0 bridgehead atoms. The molecule has 3 atom stereocenters. The molecule has 4 aliphatic rings. The fraction of sp³-hybridized carbons (Fsp3) is 0.400. The molecule has 0 aromatic heterocycles. The summed E-state index contributed by atoms with van der Waals surface area (Å²) in [5.41, 5.74) is 0. The molecule has 2 aliphatic carbocycles. The molecule has 4 nitrogen and oxygen atoms in total. The average molecular weight is 458 g/mol. The summed E-state index contributed by atoms with van der Waals surface area (Å²) in [6, 6.07) is 0.540. The number of hydrogen-bond donors (Lipinski definition) is 2. The van der Waals surface area contributed by atoms with Crippen LogP contribution in [-0.2, 0) is 24.3 Å². The third-order valence-electron chi connectivity index (χ3n) is 4.62. The van der Waals surface area contributed by atoms with Crippen LogP contribution in [0.1, 0.15) is 25.7 Å². The topological polar surface area (TPSA) is 58.2 Å². The Morgan fingerprint density at radius 3 is 2.31 bits per heavy atom. The SMILES string of the molecule is O=C1N[C@H]2[C@H](CS[C@H]2CCCCC(=O)[C]2[CH][CH][CH][CH]2)N1.[CH]1[CH][CH][CH][CH]1.[Ru+2]. The number of hydrogen-bond acceptors (Lipinski definition) is 3. The van der Waals surface area contributed by atoms with Gasteiger partial charge in [0.2, 0.25) is 0 Å². The van der Waals surface area contributed by atoms with Crippen molar-refractivity contribution in [1.29, 1.82) is 0 Å². The van der Waals surface area contributed by atoms with Crippen molar-refractivity contribution in [2.75, 3.05) is 5.75 Å². The van der Waals surface area contributed by atoms with Crippen LogP contribution in [-0.4, -0.2) is 34.9 Å². The summed E-state index contributed by atoms with van der Waals surface area (Å²) in [6.07, 6.45) is 21.2.